The van der Waals surface area contributed by atoms with Crippen molar-refractivity contribution in [3.8, 4) is 0 Å². The van der Waals surface area contributed by atoms with Gasteiger partial charge in [0.15, 0.2) is 0 Å². The Kier molecular flexibility index (Phi) is 5.28. The number of nitrogens with zero attached hydrogens (tertiary/aromatic N) is 2. The normalized spacial score (nSPS) is 25.6. The Morgan fingerprint density at radius 3 is 2.57 bits per heavy atom. The Morgan fingerprint density at radius 1 is 1.17 bits per heavy atom. The molecule has 23 heavy (non-hydrogen) atoms. The minimum absolute atomic E-state index is 0.248. The zero-order chi connectivity index (χ0) is 16.4. The molecule has 0 radical (unpaired) electrons. The highest BCUT2D eigenvalue weighted by molar-refractivity contribution is 7.86. The van der Waals surface area contributed by atoms with Crippen molar-refractivity contribution in [2.24, 2.45) is 5.92 Å². The molecule has 1 N–H and O–H groups in total. The summed E-state index contributed by atoms with van der Waals surface area (Å²) in [5, 5.41) is 3.91. The fourth-order valence-corrected chi connectivity index (χ4v) is 5.40. The van der Waals surface area contributed by atoms with E-state index in [-0.39, 0.29) is 6.04 Å². The predicted molar refractivity (Wildman–Crippen MR) is 92.7 cm³/mol. The molecule has 2 aliphatic rings. The number of piperazine rings is 1. The van der Waals surface area contributed by atoms with Crippen molar-refractivity contribution in [3.63, 3.8) is 0 Å². The smallest absolute Gasteiger partial charge is 0.282 e. The summed E-state index contributed by atoms with van der Waals surface area (Å²) in [6.45, 7) is 5.15. The summed E-state index contributed by atoms with van der Waals surface area (Å²) in [4.78, 5) is 0. The van der Waals surface area contributed by atoms with Gasteiger partial charge in [-0.05, 0) is 30.4 Å². The lowest BCUT2D eigenvalue weighted by Gasteiger charge is -2.40. The Balaban J connectivity index is 1.87. The van der Waals surface area contributed by atoms with E-state index < -0.39 is 10.2 Å². The van der Waals surface area contributed by atoms with Crippen LogP contribution in [0.1, 0.15) is 31.4 Å². The number of hydrogen-bond donors (Lipinski definition) is 1. The fourth-order valence-electron chi connectivity index (χ4n) is 3.34. The van der Waals surface area contributed by atoms with Crippen LogP contribution in [0.15, 0.2) is 24.3 Å². The first-order valence-electron chi connectivity index (χ1n) is 8.22. The Bertz CT molecular complexity index is 644. The lowest BCUT2D eigenvalue weighted by Crippen LogP contribution is -2.54. The highest BCUT2D eigenvalue weighted by Gasteiger charge is 2.38. The van der Waals surface area contributed by atoms with Crippen LogP contribution in [-0.2, 0) is 10.2 Å². The molecule has 0 bridgehead atoms. The van der Waals surface area contributed by atoms with Crippen molar-refractivity contribution < 1.29 is 8.42 Å². The van der Waals surface area contributed by atoms with Crippen LogP contribution in [0, 0.1) is 5.92 Å². The van der Waals surface area contributed by atoms with E-state index in [0.717, 1.165) is 18.4 Å². The maximum absolute atomic E-state index is 13.1. The van der Waals surface area contributed by atoms with Gasteiger partial charge in [0.05, 0.1) is 6.04 Å². The topological polar surface area (TPSA) is 52.7 Å². The minimum atomic E-state index is -3.45. The third kappa shape index (κ3) is 3.56. The molecular weight excluding hydrogens is 334 g/mol. The van der Waals surface area contributed by atoms with Crippen molar-refractivity contribution in [2.75, 3.05) is 32.7 Å². The molecule has 2 heterocycles. The molecule has 0 amide bonds. The number of rotatable bonds is 3. The third-order valence-electron chi connectivity index (χ3n) is 4.82. The zero-order valence-electron chi connectivity index (χ0n) is 13.4. The summed E-state index contributed by atoms with van der Waals surface area (Å²) in [5.74, 6) is 0.601. The fraction of sp³-hybridized carbons (Fsp3) is 0.625. The first kappa shape index (κ1) is 17.2. The van der Waals surface area contributed by atoms with Crippen LogP contribution >= 0.6 is 11.6 Å². The van der Waals surface area contributed by atoms with Gasteiger partial charge >= 0.3 is 0 Å². The van der Waals surface area contributed by atoms with E-state index in [9.17, 15) is 8.42 Å². The second-order valence-corrected chi connectivity index (χ2v) is 8.73. The quantitative estimate of drug-likeness (QED) is 0.902. The van der Waals surface area contributed by atoms with Gasteiger partial charge in [0.2, 0.25) is 0 Å². The molecule has 2 fully saturated rings. The summed E-state index contributed by atoms with van der Waals surface area (Å²) >= 11 is 6.31. The summed E-state index contributed by atoms with van der Waals surface area (Å²) in [6.07, 6.45) is 1.87. The summed E-state index contributed by atoms with van der Waals surface area (Å²) in [7, 11) is -3.45. The highest BCUT2D eigenvalue weighted by atomic mass is 35.5. The lowest BCUT2D eigenvalue weighted by atomic mass is 10.0. The molecule has 1 unspecified atom stereocenters. The van der Waals surface area contributed by atoms with Crippen LogP contribution in [0.4, 0.5) is 0 Å². The van der Waals surface area contributed by atoms with Gasteiger partial charge in [-0.1, -0.05) is 36.7 Å². The molecule has 0 aromatic heterocycles. The molecule has 0 saturated carbocycles. The van der Waals surface area contributed by atoms with Gasteiger partial charge in [-0.2, -0.15) is 17.0 Å². The van der Waals surface area contributed by atoms with Crippen LogP contribution in [0.25, 0.3) is 0 Å². The van der Waals surface area contributed by atoms with Gasteiger partial charge in [0.1, 0.15) is 0 Å². The SMILES string of the molecule is CC1CCN(S(=O)(=O)N2CCNCC2c2ccccc2Cl)CC1. The zero-order valence-corrected chi connectivity index (χ0v) is 15.0. The van der Waals surface area contributed by atoms with Crippen molar-refractivity contribution in [1.29, 1.82) is 0 Å². The van der Waals surface area contributed by atoms with E-state index in [4.69, 9.17) is 11.6 Å². The molecule has 128 valence electrons. The maximum Gasteiger partial charge on any atom is 0.282 e. The Hall–Kier alpha value is -0.660. The molecular formula is C16H24ClN3O2S. The molecule has 1 aromatic carbocycles. The van der Waals surface area contributed by atoms with E-state index in [1.165, 1.54) is 0 Å². The molecule has 2 saturated heterocycles. The molecule has 3 rings (SSSR count). The molecule has 1 aromatic rings. The molecule has 2 aliphatic heterocycles. The predicted octanol–water partition coefficient (Wildman–Crippen LogP) is 2.26. The van der Waals surface area contributed by atoms with Gasteiger partial charge in [-0.15, -0.1) is 0 Å². The molecule has 5 nitrogen and oxygen atoms in total. The third-order valence-corrected chi connectivity index (χ3v) is 7.22. The van der Waals surface area contributed by atoms with Gasteiger partial charge < -0.3 is 5.32 Å². The van der Waals surface area contributed by atoms with Gasteiger partial charge in [0, 0.05) is 37.7 Å². The van der Waals surface area contributed by atoms with E-state index in [0.29, 0.717) is 43.7 Å². The van der Waals surface area contributed by atoms with Crippen molar-refractivity contribution >= 4 is 21.8 Å². The minimum Gasteiger partial charge on any atom is -0.313 e. The van der Waals surface area contributed by atoms with Crippen LogP contribution in [0.5, 0.6) is 0 Å². The second kappa shape index (κ2) is 7.07. The van der Waals surface area contributed by atoms with E-state index >= 15 is 0 Å². The highest BCUT2D eigenvalue weighted by Crippen LogP contribution is 2.32. The number of benzene rings is 1. The Morgan fingerprint density at radius 2 is 1.87 bits per heavy atom. The number of halogens is 1. The van der Waals surface area contributed by atoms with Crippen LogP contribution in [0.3, 0.4) is 0 Å². The van der Waals surface area contributed by atoms with E-state index in [1.54, 1.807) is 8.61 Å². The Labute approximate surface area is 143 Å². The molecule has 0 spiro atoms. The number of piperidine rings is 1. The first-order chi connectivity index (χ1) is 11.0. The van der Waals surface area contributed by atoms with Gasteiger partial charge in [-0.25, -0.2) is 0 Å². The average Bonchev–Trinajstić information content (AvgIpc) is 2.56. The maximum atomic E-state index is 13.1. The van der Waals surface area contributed by atoms with Crippen molar-refractivity contribution in [1.82, 2.24) is 13.9 Å². The molecule has 0 aliphatic carbocycles. The first-order valence-corrected chi connectivity index (χ1v) is 9.99. The van der Waals surface area contributed by atoms with Crippen LogP contribution in [0.2, 0.25) is 5.02 Å². The average molecular weight is 358 g/mol. The van der Waals surface area contributed by atoms with Crippen LogP contribution < -0.4 is 5.32 Å². The molecule has 7 heteroatoms. The van der Waals surface area contributed by atoms with Crippen molar-refractivity contribution in [2.45, 2.75) is 25.8 Å². The van der Waals surface area contributed by atoms with Gasteiger partial charge in [0.25, 0.3) is 10.2 Å². The standard InChI is InChI=1S/C16H24ClN3O2S/c1-13-6-9-19(10-7-13)23(21,22)20-11-8-18-12-16(20)14-4-2-3-5-15(14)17/h2-5,13,16,18H,6-12H2,1H3. The summed E-state index contributed by atoms with van der Waals surface area (Å²) in [6, 6.07) is 7.26. The number of hydrogen-bond acceptors (Lipinski definition) is 3. The van der Waals surface area contributed by atoms with E-state index in [1.807, 2.05) is 24.3 Å². The van der Waals surface area contributed by atoms with E-state index in [2.05, 4.69) is 12.2 Å². The number of nitrogens with one attached hydrogen (secondary N) is 1. The summed E-state index contributed by atoms with van der Waals surface area (Å²) < 4.78 is 29.5. The lowest BCUT2D eigenvalue weighted by molar-refractivity contribution is 0.224. The summed E-state index contributed by atoms with van der Waals surface area (Å²) in [5.41, 5.74) is 0.871. The largest absolute Gasteiger partial charge is 0.313 e. The second-order valence-electron chi connectivity index (χ2n) is 6.44. The molecule has 1 atom stereocenters. The van der Waals surface area contributed by atoms with Crippen LogP contribution in [-0.4, -0.2) is 49.8 Å². The van der Waals surface area contributed by atoms with Crippen molar-refractivity contribution in [3.05, 3.63) is 34.9 Å². The van der Waals surface area contributed by atoms with Gasteiger partial charge in [-0.3, -0.25) is 0 Å². The monoisotopic (exact) mass is 357 g/mol.